The average molecular weight is 400 g/mol. The largest absolute Gasteiger partial charge is 0.380 e. The number of benzene rings is 1. The Labute approximate surface area is 163 Å². The Balaban J connectivity index is 1.94. The molecule has 1 aromatic carbocycles. The minimum Gasteiger partial charge on any atom is -0.380 e. The van der Waals surface area contributed by atoms with Crippen LogP contribution in [0.1, 0.15) is 12.0 Å². The first-order chi connectivity index (χ1) is 12.9. The molecular formula is C18H26ClN3O5. The Kier molecular flexibility index (Phi) is 8.30. The molecule has 0 aliphatic carbocycles. The SMILES string of the molecule is Cc1cc(N2CCOCC2)ccc1NC(=O)[C@H](O)[C@@H](O)C(=O)NCCCCl. The zero-order chi connectivity index (χ0) is 19.8. The number of morpholine rings is 1. The molecule has 2 rings (SSSR count). The van der Waals surface area contributed by atoms with Crippen molar-refractivity contribution in [2.45, 2.75) is 25.6 Å². The summed E-state index contributed by atoms with van der Waals surface area (Å²) in [5.74, 6) is -1.31. The zero-order valence-corrected chi connectivity index (χ0v) is 16.0. The first kappa shape index (κ1) is 21.4. The predicted molar refractivity (Wildman–Crippen MR) is 103 cm³/mol. The zero-order valence-electron chi connectivity index (χ0n) is 15.3. The number of hydrogen-bond donors (Lipinski definition) is 4. The lowest BCUT2D eigenvalue weighted by molar-refractivity contribution is -0.143. The van der Waals surface area contributed by atoms with Crippen LogP contribution >= 0.6 is 11.6 Å². The molecule has 1 aliphatic rings. The summed E-state index contributed by atoms with van der Waals surface area (Å²) in [5.41, 5.74) is 2.33. The second-order valence-corrected chi connectivity index (χ2v) is 6.69. The number of aryl methyl sites for hydroxylation is 1. The van der Waals surface area contributed by atoms with Crippen molar-refractivity contribution in [3.8, 4) is 0 Å². The van der Waals surface area contributed by atoms with Crippen molar-refractivity contribution in [2.75, 3.05) is 48.9 Å². The van der Waals surface area contributed by atoms with Gasteiger partial charge in [0, 0.05) is 36.9 Å². The molecule has 8 nitrogen and oxygen atoms in total. The van der Waals surface area contributed by atoms with E-state index < -0.39 is 24.0 Å². The number of nitrogens with one attached hydrogen (secondary N) is 2. The van der Waals surface area contributed by atoms with Crippen LogP contribution in [0.25, 0.3) is 0 Å². The van der Waals surface area contributed by atoms with Crippen LogP contribution in [0.3, 0.4) is 0 Å². The van der Waals surface area contributed by atoms with Crippen LogP contribution in [0, 0.1) is 6.92 Å². The fourth-order valence-electron chi connectivity index (χ4n) is 2.68. The van der Waals surface area contributed by atoms with Crippen molar-refractivity contribution >= 4 is 34.8 Å². The average Bonchev–Trinajstić information content (AvgIpc) is 2.69. The van der Waals surface area contributed by atoms with Crippen LogP contribution in [-0.4, -0.2) is 73.0 Å². The molecule has 0 radical (unpaired) electrons. The van der Waals surface area contributed by atoms with E-state index in [0.717, 1.165) is 24.3 Å². The van der Waals surface area contributed by atoms with Crippen LogP contribution in [0.5, 0.6) is 0 Å². The number of carbonyl (C=O) groups is 2. The highest BCUT2D eigenvalue weighted by atomic mass is 35.5. The number of alkyl halides is 1. The predicted octanol–water partition coefficient (Wildman–Crippen LogP) is 0.237. The standard InChI is InChI=1S/C18H26ClN3O5/c1-12-11-13(22-7-9-27-10-8-22)3-4-14(12)21-18(26)16(24)15(23)17(25)20-6-2-5-19/h3-4,11,15-16,23-24H,2,5-10H2,1H3,(H,20,25)(H,21,26)/t15-,16-/m1/s1. The molecule has 0 bridgehead atoms. The molecule has 0 aromatic heterocycles. The second kappa shape index (κ2) is 10.5. The first-order valence-electron chi connectivity index (χ1n) is 8.88. The van der Waals surface area contributed by atoms with E-state index in [2.05, 4.69) is 15.5 Å². The Morgan fingerprint density at radius 3 is 2.52 bits per heavy atom. The van der Waals surface area contributed by atoms with Gasteiger partial charge in [-0.25, -0.2) is 0 Å². The molecule has 1 aliphatic heterocycles. The van der Waals surface area contributed by atoms with Crippen LogP contribution in [-0.2, 0) is 14.3 Å². The van der Waals surface area contributed by atoms with Crippen molar-refractivity contribution in [3.63, 3.8) is 0 Å². The van der Waals surface area contributed by atoms with Crippen LogP contribution in [0.4, 0.5) is 11.4 Å². The molecule has 2 atom stereocenters. The minimum absolute atomic E-state index is 0.260. The van der Waals surface area contributed by atoms with E-state index in [4.69, 9.17) is 16.3 Å². The van der Waals surface area contributed by atoms with Crippen molar-refractivity contribution < 1.29 is 24.5 Å². The maximum Gasteiger partial charge on any atom is 0.256 e. The summed E-state index contributed by atoms with van der Waals surface area (Å²) >= 11 is 5.51. The number of hydrogen-bond acceptors (Lipinski definition) is 6. The summed E-state index contributed by atoms with van der Waals surface area (Å²) in [6.07, 6.45) is -3.20. The summed E-state index contributed by atoms with van der Waals surface area (Å²) in [6.45, 7) is 5.05. The first-order valence-corrected chi connectivity index (χ1v) is 9.41. The molecule has 2 amide bonds. The number of ether oxygens (including phenoxy) is 1. The molecule has 0 spiro atoms. The Bertz CT molecular complexity index is 652. The number of aliphatic hydroxyl groups excluding tert-OH is 2. The molecule has 0 unspecified atom stereocenters. The van der Waals surface area contributed by atoms with Gasteiger partial charge in [-0.1, -0.05) is 0 Å². The van der Waals surface area contributed by atoms with Gasteiger partial charge < -0.3 is 30.5 Å². The van der Waals surface area contributed by atoms with Crippen LogP contribution < -0.4 is 15.5 Å². The van der Waals surface area contributed by atoms with E-state index in [-0.39, 0.29) is 6.54 Å². The highest BCUT2D eigenvalue weighted by Gasteiger charge is 2.30. The van der Waals surface area contributed by atoms with E-state index >= 15 is 0 Å². The van der Waals surface area contributed by atoms with E-state index in [9.17, 15) is 19.8 Å². The summed E-state index contributed by atoms with van der Waals surface area (Å²) in [4.78, 5) is 26.1. The van der Waals surface area contributed by atoms with Gasteiger partial charge in [0.25, 0.3) is 11.8 Å². The fourth-order valence-corrected chi connectivity index (χ4v) is 2.82. The third-order valence-corrected chi connectivity index (χ3v) is 4.56. The van der Waals surface area contributed by atoms with Gasteiger partial charge >= 0.3 is 0 Å². The van der Waals surface area contributed by atoms with Gasteiger partial charge in [-0.15, -0.1) is 11.6 Å². The van der Waals surface area contributed by atoms with Gasteiger partial charge in [-0.05, 0) is 37.1 Å². The number of aliphatic hydroxyl groups is 2. The Morgan fingerprint density at radius 2 is 1.89 bits per heavy atom. The second-order valence-electron chi connectivity index (χ2n) is 6.31. The molecule has 27 heavy (non-hydrogen) atoms. The monoisotopic (exact) mass is 399 g/mol. The maximum atomic E-state index is 12.2. The Hall–Kier alpha value is -1.87. The van der Waals surface area contributed by atoms with Gasteiger partial charge in [-0.3, -0.25) is 9.59 Å². The molecular weight excluding hydrogens is 374 g/mol. The van der Waals surface area contributed by atoms with Gasteiger partial charge in [-0.2, -0.15) is 0 Å². The highest BCUT2D eigenvalue weighted by molar-refractivity contribution is 6.17. The number of halogens is 1. The molecule has 0 saturated carbocycles. The number of amides is 2. The number of anilines is 2. The van der Waals surface area contributed by atoms with E-state index in [1.165, 1.54) is 0 Å². The van der Waals surface area contributed by atoms with Crippen molar-refractivity contribution in [1.82, 2.24) is 5.32 Å². The lowest BCUT2D eigenvalue weighted by atomic mass is 10.1. The topological polar surface area (TPSA) is 111 Å². The van der Waals surface area contributed by atoms with Gasteiger partial charge in [0.1, 0.15) is 0 Å². The Morgan fingerprint density at radius 1 is 1.22 bits per heavy atom. The summed E-state index contributed by atoms with van der Waals surface area (Å²) < 4.78 is 5.34. The highest BCUT2D eigenvalue weighted by Crippen LogP contribution is 2.23. The van der Waals surface area contributed by atoms with Crippen molar-refractivity contribution in [3.05, 3.63) is 23.8 Å². The molecule has 9 heteroatoms. The van der Waals surface area contributed by atoms with Gasteiger partial charge in [0.2, 0.25) is 0 Å². The molecule has 1 aromatic rings. The van der Waals surface area contributed by atoms with Gasteiger partial charge in [0.05, 0.1) is 13.2 Å². The van der Waals surface area contributed by atoms with Crippen molar-refractivity contribution in [1.29, 1.82) is 0 Å². The number of nitrogens with zero attached hydrogens (tertiary/aromatic N) is 1. The molecule has 1 heterocycles. The third kappa shape index (κ3) is 6.07. The summed E-state index contributed by atoms with van der Waals surface area (Å²) in [7, 11) is 0. The molecule has 150 valence electrons. The summed E-state index contributed by atoms with van der Waals surface area (Å²) in [6, 6.07) is 5.54. The normalized spacial score (nSPS) is 16.5. The van der Waals surface area contributed by atoms with Crippen LogP contribution in [0.2, 0.25) is 0 Å². The molecule has 1 fully saturated rings. The molecule has 1 saturated heterocycles. The molecule has 4 N–H and O–H groups in total. The van der Waals surface area contributed by atoms with Gasteiger partial charge in [0.15, 0.2) is 12.2 Å². The van der Waals surface area contributed by atoms with E-state index in [1.54, 1.807) is 6.07 Å². The summed E-state index contributed by atoms with van der Waals surface area (Å²) in [5, 5.41) is 24.8. The van der Waals surface area contributed by atoms with E-state index in [1.807, 2.05) is 19.1 Å². The maximum absolute atomic E-state index is 12.2. The quantitative estimate of drug-likeness (QED) is 0.368. The number of carbonyl (C=O) groups excluding carboxylic acids is 2. The lowest BCUT2D eigenvalue weighted by Gasteiger charge is -2.29. The van der Waals surface area contributed by atoms with Crippen molar-refractivity contribution in [2.24, 2.45) is 0 Å². The lowest BCUT2D eigenvalue weighted by Crippen LogP contribution is -2.47. The van der Waals surface area contributed by atoms with E-state index in [0.29, 0.717) is 31.2 Å². The third-order valence-electron chi connectivity index (χ3n) is 4.29. The minimum atomic E-state index is -1.88. The fraction of sp³-hybridized carbons (Fsp3) is 0.556. The number of rotatable bonds is 8. The van der Waals surface area contributed by atoms with Crippen LogP contribution in [0.15, 0.2) is 18.2 Å². The smallest absolute Gasteiger partial charge is 0.256 e.